The van der Waals surface area contributed by atoms with Crippen LogP contribution in [0.5, 0.6) is 0 Å². The van der Waals surface area contributed by atoms with Crippen molar-refractivity contribution in [1.29, 1.82) is 0 Å². The first-order valence-electron chi connectivity index (χ1n) is 7.74. The van der Waals surface area contributed by atoms with Crippen molar-refractivity contribution < 1.29 is 0 Å². The van der Waals surface area contributed by atoms with E-state index in [2.05, 4.69) is 45.6 Å². The van der Waals surface area contributed by atoms with Crippen molar-refractivity contribution in [3.05, 3.63) is 28.7 Å². The molecule has 1 aliphatic heterocycles. The first-order chi connectivity index (χ1) is 10.5. The number of nitrogens with zero attached hydrogens (tertiary/aromatic N) is 6. The van der Waals surface area contributed by atoms with E-state index in [1.54, 1.807) is 17.7 Å². The molecule has 22 heavy (non-hydrogen) atoms. The molecule has 3 heterocycles. The van der Waals surface area contributed by atoms with E-state index in [-0.39, 0.29) is 5.54 Å². The molecule has 3 rings (SSSR count). The molecule has 1 fully saturated rings. The largest absolute Gasteiger partial charge is 0.296 e. The van der Waals surface area contributed by atoms with Crippen LogP contribution in [-0.2, 0) is 18.6 Å². The fourth-order valence-corrected chi connectivity index (χ4v) is 3.42. The molecular weight excluding hydrogens is 296 g/mol. The van der Waals surface area contributed by atoms with E-state index in [0.717, 1.165) is 45.1 Å². The van der Waals surface area contributed by atoms with Gasteiger partial charge < -0.3 is 0 Å². The van der Waals surface area contributed by atoms with Crippen molar-refractivity contribution in [2.75, 3.05) is 26.2 Å². The second kappa shape index (κ2) is 6.44. The summed E-state index contributed by atoms with van der Waals surface area (Å²) in [5, 5.41) is 4.38. The van der Waals surface area contributed by atoms with Crippen molar-refractivity contribution in [3.63, 3.8) is 0 Å². The zero-order valence-corrected chi connectivity index (χ0v) is 14.4. The third-order valence-corrected chi connectivity index (χ3v) is 4.71. The topological polar surface area (TPSA) is 50.1 Å². The Morgan fingerprint density at radius 1 is 1.09 bits per heavy atom. The third kappa shape index (κ3) is 3.71. The van der Waals surface area contributed by atoms with Gasteiger partial charge in [-0.1, -0.05) is 0 Å². The van der Waals surface area contributed by atoms with Crippen molar-refractivity contribution in [1.82, 2.24) is 29.5 Å². The second-order valence-electron chi connectivity index (χ2n) is 6.78. The number of piperazine rings is 1. The van der Waals surface area contributed by atoms with Gasteiger partial charge in [-0.25, -0.2) is 9.67 Å². The number of hydrogen-bond donors (Lipinski definition) is 0. The van der Waals surface area contributed by atoms with Gasteiger partial charge in [0.15, 0.2) is 0 Å². The van der Waals surface area contributed by atoms with Gasteiger partial charge in [0, 0.05) is 43.8 Å². The molecule has 7 heteroatoms. The van der Waals surface area contributed by atoms with Gasteiger partial charge in [0.25, 0.3) is 0 Å². The van der Waals surface area contributed by atoms with Gasteiger partial charge in [-0.15, -0.1) is 11.3 Å². The Hall–Kier alpha value is -1.31. The van der Waals surface area contributed by atoms with E-state index in [0.29, 0.717) is 0 Å². The number of hydrogen-bond acceptors (Lipinski definition) is 6. The molecule has 0 bridgehead atoms. The summed E-state index contributed by atoms with van der Waals surface area (Å²) in [6.45, 7) is 12.8. The zero-order valence-electron chi connectivity index (χ0n) is 13.6. The number of aromatic nitrogens is 4. The zero-order chi connectivity index (χ0) is 15.6. The fourth-order valence-electron chi connectivity index (χ4n) is 2.78. The van der Waals surface area contributed by atoms with Crippen molar-refractivity contribution in [3.8, 4) is 0 Å². The van der Waals surface area contributed by atoms with Crippen molar-refractivity contribution in [2.24, 2.45) is 0 Å². The molecule has 120 valence electrons. The maximum Gasteiger partial charge on any atom is 0.141 e. The Morgan fingerprint density at radius 3 is 2.36 bits per heavy atom. The molecule has 0 spiro atoms. The van der Waals surface area contributed by atoms with Crippen molar-refractivity contribution >= 4 is 11.3 Å². The Kier molecular flexibility index (Phi) is 4.56. The minimum absolute atomic E-state index is 0.0141. The third-order valence-electron chi connectivity index (χ3n) is 3.95. The van der Waals surface area contributed by atoms with Gasteiger partial charge in [0.1, 0.15) is 12.2 Å². The van der Waals surface area contributed by atoms with E-state index in [9.17, 15) is 0 Å². The number of thiazole rings is 1. The lowest BCUT2D eigenvalue weighted by Gasteiger charge is -2.34. The molecular formula is C15H24N6S. The van der Waals surface area contributed by atoms with E-state index in [1.165, 1.54) is 4.88 Å². The van der Waals surface area contributed by atoms with Gasteiger partial charge in [0.2, 0.25) is 0 Å². The van der Waals surface area contributed by atoms with Crippen LogP contribution < -0.4 is 0 Å². The summed E-state index contributed by atoms with van der Waals surface area (Å²) in [7, 11) is 0. The molecule has 0 unspecified atom stereocenters. The first-order valence-corrected chi connectivity index (χ1v) is 8.62. The van der Waals surface area contributed by atoms with Crippen LogP contribution in [0.4, 0.5) is 0 Å². The predicted molar refractivity (Wildman–Crippen MR) is 87.7 cm³/mol. The maximum atomic E-state index is 4.45. The highest BCUT2D eigenvalue weighted by Gasteiger charge is 2.22. The monoisotopic (exact) mass is 320 g/mol. The normalized spacial score (nSPS) is 18.0. The summed E-state index contributed by atoms with van der Waals surface area (Å²) >= 11 is 1.74. The molecule has 2 aromatic rings. The molecule has 0 atom stereocenters. The lowest BCUT2D eigenvalue weighted by Crippen LogP contribution is -2.45. The molecule has 0 saturated carbocycles. The van der Waals surface area contributed by atoms with Crippen LogP contribution in [0.2, 0.25) is 0 Å². The Labute approximate surface area is 135 Å². The Bertz CT molecular complexity index is 577. The maximum absolute atomic E-state index is 4.45. The fraction of sp³-hybridized carbons (Fsp3) is 0.667. The van der Waals surface area contributed by atoms with E-state index >= 15 is 0 Å². The van der Waals surface area contributed by atoms with Gasteiger partial charge in [0.05, 0.1) is 17.6 Å². The second-order valence-corrected chi connectivity index (χ2v) is 7.75. The summed E-state index contributed by atoms with van der Waals surface area (Å²) in [5.74, 6) is 1.06. The van der Waals surface area contributed by atoms with Crippen molar-refractivity contribution in [2.45, 2.75) is 39.4 Å². The van der Waals surface area contributed by atoms with Crippen LogP contribution in [0.15, 0.2) is 18.0 Å². The summed E-state index contributed by atoms with van der Waals surface area (Å²) in [5.41, 5.74) is 1.89. The Morgan fingerprint density at radius 2 is 1.77 bits per heavy atom. The molecule has 0 N–H and O–H groups in total. The van der Waals surface area contributed by atoms with Crippen LogP contribution in [0.25, 0.3) is 0 Å². The first kappa shape index (κ1) is 15.6. The average molecular weight is 320 g/mol. The molecule has 0 radical (unpaired) electrons. The van der Waals surface area contributed by atoms with Crippen LogP contribution in [0, 0.1) is 0 Å². The van der Waals surface area contributed by atoms with Crippen LogP contribution in [-0.4, -0.2) is 55.7 Å². The average Bonchev–Trinajstić information content (AvgIpc) is 3.11. The highest BCUT2D eigenvalue weighted by atomic mass is 32.1. The van der Waals surface area contributed by atoms with Crippen LogP contribution in [0.1, 0.15) is 31.5 Å². The van der Waals surface area contributed by atoms with Gasteiger partial charge >= 0.3 is 0 Å². The van der Waals surface area contributed by atoms with Gasteiger partial charge in [-0.05, 0) is 20.8 Å². The minimum Gasteiger partial charge on any atom is -0.296 e. The van der Waals surface area contributed by atoms with Gasteiger partial charge in [-0.2, -0.15) is 5.10 Å². The smallest absolute Gasteiger partial charge is 0.141 e. The summed E-state index contributed by atoms with van der Waals surface area (Å²) in [4.78, 5) is 14.9. The van der Waals surface area contributed by atoms with E-state index in [4.69, 9.17) is 0 Å². The SMILES string of the molecule is CC(C)(C)n1ncnc1CN1CCN(Cc2cncs2)CC1. The summed E-state index contributed by atoms with van der Waals surface area (Å²) in [6.07, 6.45) is 3.64. The Balaban J connectivity index is 1.53. The van der Waals surface area contributed by atoms with Crippen LogP contribution in [0.3, 0.4) is 0 Å². The molecule has 6 nitrogen and oxygen atoms in total. The standard InChI is InChI=1S/C15H24N6S/c1-15(2,3)21-14(17-11-18-21)10-20-6-4-19(5-7-20)9-13-8-16-12-22-13/h8,11-12H,4-7,9-10H2,1-3H3. The lowest BCUT2D eigenvalue weighted by molar-refractivity contribution is 0.117. The molecule has 2 aromatic heterocycles. The summed E-state index contributed by atoms with van der Waals surface area (Å²) < 4.78 is 2.04. The molecule has 0 aromatic carbocycles. The van der Waals surface area contributed by atoms with Crippen LogP contribution >= 0.6 is 11.3 Å². The van der Waals surface area contributed by atoms with E-state index in [1.807, 2.05) is 16.4 Å². The molecule has 1 saturated heterocycles. The highest BCUT2D eigenvalue weighted by Crippen LogP contribution is 2.17. The minimum atomic E-state index is -0.0141. The molecule has 0 aliphatic carbocycles. The molecule has 1 aliphatic rings. The molecule has 0 amide bonds. The lowest BCUT2D eigenvalue weighted by atomic mass is 10.1. The quantitative estimate of drug-likeness (QED) is 0.860. The predicted octanol–water partition coefficient (Wildman–Crippen LogP) is 1.81. The van der Waals surface area contributed by atoms with E-state index < -0.39 is 0 Å². The number of rotatable bonds is 4. The summed E-state index contributed by atoms with van der Waals surface area (Å²) in [6, 6.07) is 0. The van der Waals surface area contributed by atoms with Gasteiger partial charge in [-0.3, -0.25) is 14.8 Å². The highest BCUT2D eigenvalue weighted by molar-refractivity contribution is 7.09.